The lowest BCUT2D eigenvalue weighted by atomic mass is 10.4. The SMILES string of the molecule is O=[N+]([O-])/N=C(\NCc1cnc(Cl)s1)N1CCCC1. The fourth-order valence-corrected chi connectivity index (χ4v) is 2.67. The second kappa shape index (κ2) is 5.96. The van der Waals surface area contributed by atoms with Crippen LogP contribution in [0.1, 0.15) is 17.7 Å². The molecule has 1 aliphatic heterocycles. The maximum absolute atomic E-state index is 10.5. The molecule has 0 radical (unpaired) electrons. The zero-order valence-corrected chi connectivity index (χ0v) is 11.1. The van der Waals surface area contributed by atoms with Gasteiger partial charge in [0.05, 0.1) is 6.54 Å². The van der Waals surface area contributed by atoms with Gasteiger partial charge in [0.15, 0.2) is 9.50 Å². The van der Waals surface area contributed by atoms with Gasteiger partial charge in [0.25, 0.3) is 5.96 Å². The summed E-state index contributed by atoms with van der Waals surface area (Å²) in [6.45, 7) is 2.03. The first-order valence-corrected chi connectivity index (χ1v) is 6.66. The third-order valence-corrected chi connectivity index (χ3v) is 3.64. The Labute approximate surface area is 113 Å². The summed E-state index contributed by atoms with van der Waals surface area (Å²) in [7, 11) is 0. The van der Waals surface area contributed by atoms with E-state index in [-0.39, 0.29) is 0 Å². The summed E-state index contributed by atoms with van der Waals surface area (Å²) in [5.41, 5.74) is 0. The van der Waals surface area contributed by atoms with Crippen molar-refractivity contribution in [3.63, 3.8) is 0 Å². The number of hydrogen-bond donors (Lipinski definition) is 1. The number of thiazole rings is 1. The monoisotopic (exact) mass is 289 g/mol. The molecule has 0 spiro atoms. The first-order valence-electron chi connectivity index (χ1n) is 5.47. The zero-order valence-electron chi connectivity index (χ0n) is 9.50. The summed E-state index contributed by atoms with van der Waals surface area (Å²) in [4.78, 5) is 17.2. The van der Waals surface area contributed by atoms with Crippen LogP contribution in [0.15, 0.2) is 11.3 Å². The molecule has 0 bridgehead atoms. The summed E-state index contributed by atoms with van der Waals surface area (Å²) in [5, 5.41) is 16.2. The van der Waals surface area contributed by atoms with Crippen molar-refractivity contribution in [2.75, 3.05) is 13.1 Å². The second-order valence-electron chi connectivity index (χ2n) is 3.79. The molecule has 0 aromatic carbocycles. The molecule has 1 N–H and O–H groups in total. The Balaban J connectivity index is 1.99. The number of likely N-dealkylation sites (tertiary alicyclic amines) is 1. The van der Waals surface area contributed by atoms with Crippen LogP contribution in [-0.2, 0) is 6.54 Å². The summed E-state index contributed by atoms with van der Waals surface area (Å²) in [5.74, 6) is 0.307. The fourth-order valence-electron chi connectivity index (χ4n) is 1.75. The van der Waals surface area contributed by atoms with Crippen molar-refractivity contribution in [3.05, 3.63) is 25.7 Å². The van der Waals surface area contributed by atoms with Crippen LogP contribution in [0.3, 0.4) is 0 Å². The van der Waals surface area contributed by atoms with Crippen molar-refractivity contribution in [3.8, 4) is 0 Å². The highest BCUT2D eigenvalue weighted by molar-refractivity contribution is 7.15. The van der Waals surface area contributed by atoms with Gasteiger partial charge < -0.3 is 10.2 Å². The number of hydrazone groups is 1. The van der Waals surface area contributed by atoms with Crippen LogP contribution in [0.25, 0.3) is 0 Å². The molecule has 9 heteroatoms. The Kier molecular flexibility index (Phi) is 4.32. The van der Waals surface area contributed by atoms with Crippen molar-refractivity contribution in [2.45, 2.75) is 19.4 Å². The third-order valence-electron chi connectivity index (χ3n) is 2.53. The third kappa shape index (κ3) is 3.54. The molecule has 1 aliphatic rings. The maximum atomic E-state index is 10.5. The predicted octanol–water partition coefficient (Wildman–Crippen LogP) is 1.53. The molecule has 0 atom stereocenters. The van der Waals surface area contributed by atoms with Gasteiger partial charge in [0.2, 0.25) is 0 Å². The molecule has 1 fully saturated rings. The number of hydrogen-bond acceptors (Lipinski definition) is 4. The summed E-state index contributed by atoms with van der Waals surface area (Å²) >= 11 is 7.06. The minimum absolute atomic E-state index is 0.307. The number of guanidine groups is 1. The van der Waals surface area contributed by atoms with Gasteiger partial charge in [-0.1, -0.05) is 11.6 Å². The Bertz CT molecular complexity index is 458. The van der Waals surface area contributed by atoms with E-state index in [1.165, 1.54) is 11.3 Å². The molecule has 2 rings (SSSR count). The zero-order chi connectivity index (χ0) is 13.0. The van der Waals surface area contributed by atoms with E-state index in [9.17, 15) is 10.1 Å². The Morgan fingerprint density at radius 1 is 1.67 bits per heavy atom. The number of nitrogens with one attached hydrogen (secondary N) is 1. The van der Waals surface area contributed by atoms with Gasteiger partial charge in [-0.15, -0.1) is 11.3 Å². The molecular formula is C9H12ClN5O2S. The lowest BCUT2D eigenvalue weighted by Crippen LogP contribution is -2.39. The molecule has 0 saturated carbocycles. The quantitative estimate of drug-likeness (QED) is 0.395. The molecule has 18 heavy (non-hydrogen) atoms. The molecule has 1 aromatic rings. The maximum Gasteiger partial charge on any atom is 0.271 e. The molecule has 1 aromatic heterocycles. The highest BCUT2D eigenvalue weighted by Crippen LogP contribution is 2.17. The average Bonchev–Trinajstić information content (AvgIpc) is 2.94. The lowest BCUT2D eigenvalue weighted by molar-refractivity contribution is -0.485. The standard InChI is InChI=1S/C9H12ClN5O2S/c10-8-11-5-7(18-8)6-12-9(13-15(16)17)14-3-1-2-4-14/h5H,1-4,6H2,(H,12,13). The highest BCUT2D eigenvalue weighted by atomic mass is 35.5. The van der Waals surface area contributed by atoms with Gasteiger partial charge in [-0.05, 0) is 12.8 Å². The summed E-state index contributed by atoms with van der Waals surface area (Å²) in [6, 6.07) is 0. The van der Waals surface area contributed by atoms with E-state index in [4.69, 9.17) is 11.6 Å². The fraction of sp³-hybridized carbons (Fsp3) is 0.556. The van der Waals surface area contributed by atoms with Gasteiger partial charge in [-0.25, -0.2) is 15.1 Å². The normalized spacial score (nSPS) is 16.1. The van der Waals surface area contributed by atoms with Crippen LogP contribution >= 0.6 is 22.9 Å². The average molecular weight is 290 g/mol. The van der Waals surface area contributed by atoms with Crippen LogP contribution in [0.4, 0.5) is 0 Å². The van der Waals surface area contributed by atoms with E-state index in [1.807, 2.05) is 4.90 Å². The van der Waals surface area contributed by atoms with E-state index in [2.05, 4.69) is 15.4 Å². The minimum Gasteiger partial charge on any atom is -0.346 e. The van der Waals surface area contributed by atoms with E-state index in [0.717, 1.165) is 30.8 Å². The molecule has 1 saturated heterocycles. The predicted molar refractivity (Wildman–Crippen MR) is 69.2 cm³/mol. The molecule has 0 amide bonds. The minimum atomic E-state index is -0.680. The number of nitro groups is 1. The molecular weight excluding hydrogens is 278 g/mol. The van der Waals surface area contributed by atoms with Crippen molar-refractivity contribution in [1.82, 2.24) is 15.2 Å². The molecule has 98 valence electrons. The molecule has 7 nitrogen and oxygen atoms in total. The van der Waals surface area contributed by atoms with Gasteiger partial charge in [-0.3, -0.25) is 0 Å². The molecule has 2 heterocycles. The largest absolute Gasteiger partial charge is 0.346 e. The van der Waals surface area contributed by atoms with Crippen molar-refractivity contribution >= 4 is 28.9 Å². The lowest BCUT2D eigenvalue weighted by Gasteiger charge is -2.17. The Hall–Kier alpha value is -1.41. The second-order valence-corrected chi connectivity index (χ2v) is 5.49. The van der Waals surface area contributed by atoms with E-state index in [0.29, 0.717) is 17.0 Å². The first kappa shape index (κ1) is 13.0. The highest BCUT2D eigenvalue weighted by Gasteiger charge is 2.19. The smallest absolute Gasteiger partial charge is 0.271 e. The number of rotatable bonds is 3. The number of aromatic nitrogens is 1. The van der Waals surface area contributed by atoms with Gasteiger partial charge >= 0.3 is 0 Å². The summed E-state index contributed by atoms with van der Waals surface area (Å²) in [6.07, 6.45) is 3.71. The van der Waals surface area contributed by atoms with Gasteiger partial charge in [0.1, 0.15) is 5.10 Å². The van der Waals surface area contributed by atoms with Gasteiger partial charge in [0, 0.05) is 24.2 Å². The van der Waals surface area contributed by atoms with Gasteiger partial charge in [-0.2, -0.15) is 0 Å². The van der Waals surface area contributed by atoms with Crippen LogP contribution < -0.4 is 5.32 Å². The van der Waals surface area contributed by atoms with Crippen molar-refractivity contribution in [1.29, 1.82) is 0 Å². The Morgan fingerprint density at radius 2 is 2.39 bits per heavy atom. The number of nitrogens with zero attached hydrogens (tertiary/aromatic N) is 4. The number of halogens is 1. The van der Waals surface area contributed by atoms with Crippen LogP contribution in [0, 0.1) is 10.1 Å². The van der Waals surface area contributed by atoms with Crippen LogP contribution in [-0.4, -0.2) is 34.0 Å². The topological polar surface area (TPSA) is 83.7 Å². The van der Waals surface area contributed by atoms with E-state index in [1.54, 1.807) is 6.20 Å². The first-order chi connectivity index (χ1) is 8.65. The molecule has 0 unspecified atom stereocenters. The van der Waals surface area contributed by atoms with Crippen molar-refractivity contribution in [2.24, 2.45) is 5.10 Å². The van der Waals surface area contributed by atoms with Crippen LogP contribution in [0.2, 0.25) is 4.47 Å². The van der Waals surface area contributed by atoms with Crippen LogP contribution in [0.5, 0.6) is 0 Å². The summed E-state index contributed by atoms with van der Waals surface area (Å²) < 4.78 is 0.459. The van der Waals surface area contributed by atoms with E-state index >= 15 is 0 Å². The molecule has 0 aliphatic carbocycles. The van der Waals surface area contributed by atoms with Crippen molar-refractivity contribution < 1.29 is 5.03 Å². The Morgan fingerprint density at radius 3 is 2.94 bits per heavy atom. The van der Waals surface area contributed by atoms with E-state index < -0.39 is 5.03 Å².